The molecule has 0 amide bonds. The maximum atomic E-state index is 12.8. The van der Waals surface area contributed by atoms with E-state index in [-0.39, 0.29) is 13.0 Å². The number of carbonyl (C=O) groups excluding carboxylic acids is 1. The van der Waals surface area contributed by atoms with E-state index < -0.39 is 63.1 Å². The number of aliphatic hydroxyl groups is 5. The fourth-order valence-electron chi connectivity index (χ4n) is 7.00. The number of rotatable bonds is 38. The van der Waals surface area contributed by atoms with Gasteiger partial charge in [0.1, 0.15) is 42.7 Å². The topological polar surface area (TPSA) is 192 Å². The van der Waals surface area contributed by atoms with Gasteiger partial charge in [-0.2, -0.15) is 0 Å². The Morgan fingerprint density at radius 1 is 0.554 bits per heavy atom. The van der Waals surface area contributed by atoms with Gasteiger partial charge in [0.25, 0.3) is 0 Å². The average Bonchev–Trinajstić information content (AvgIpc) is 3.18. The Hall–Kier alpha value is -0.920. The number of ether oxygens (including phenoxy) is 2. The van der Waals surface area contributed by atoms with Crippen molar-refractivity contribution in [1.82, 2.24) is 0 Å². The van der Waals surface area contributed by atoms with Crippen LogP contribution in [0.3, 0.4) is 0 Å². The molecule has 0 aromatic carbocycles. The first-order valence-corrected chi connectivity index (χ1v) is 24.0. The maximum Gasteiger partial charge on any atom is 0.472 e. The van der Waals surface area contributed by atoms with Gasteiger partial charge < -0.3 is 39.9 Å². The SMILES string of the molecule is CCCCCCCC/C=C\CCCCCCCCCC(=O)OC(COCCCCCCCCCCCCCC)COP(=O)(O)OC1C(O)C(O)C(O)C(O)C1O. The second-order valence-corrected chi connectivity index (χ2v) is 17.3. The molecule has 0 aliphatic heterocycles. The van der Waals surface area contributed by atoms with Crippen molar-refractivity contribution >= 4 is 13.8 Å². The van der Waals surface area contributed by atoms with Crippen LogP contribution < -0.4 is 0 Å². The zero-order valence-corrected chi connectivity index (χ0v) is 36.1. The minimum Gasteiger partial charge on any atom is -0.457 e. The summed E-state index contributed by atoms with van der Waals surface area (Å²) in [4.78, 5) is 23.1. The van der Waals surface area contributed by atoms with Crippen molar-refractivity contribution in [2.45, 2.75) is 236 Å². The zero-order chi connectivity index (χ0) is 41.3. The van der Waals surface area contributed by atoms with Crippen LogP contribution in [0.25, 0.3) is 0 Å². The van der Waals surface area contributed by atoms with Crippen molar-refractivity contribution in [3.63, 3.8) is 0 Å². The van der Waals surface area contributed by atoms with Crippen LogP contribution >= 0.6 is 7.82 Å². The fourth-order valence-corrected chi connectivity index (χ4v) is 7.97. The van der Waals surface area contributed by atoms with Gasteiger partial charge in [0.15, 0.2) is 0 Å². The fraction of sp³-hybridized carbons (Fsp3) is 0.930. The molecule has 0 aromatic rings. The summed E-state index contributed by atoms with van der Waals surface area (Å²) in [6.07, 6.45) is 24.2. The molecule has 1 rings (SSSR count). The van der Waals surface area contributed by atoms with Gasteiger partial charge in [-0.1, -0.05) is 161 Å². The van der Waals surface area contributed by atoms with E-state index in [9.17, 15) is 39.8 Å². The van der Waals surface area contributed by atoms with E-state index in [2.05, 4.69) is 26.0 Å². The van der Waals surface area contributed by atoms with Gasteiger partial charge in [-0.15, -0.1) is 0 Å². The lowest BCUT2D eigenvalue weighted by Crippen LogP contribution is -2.64. The molecule has 1 aliphatic rings. The first-order chi connectivity index (χ1) is 27.0. The quantitative estimate of drug-likeness (QED) is 0.0150. The van der Waals surface area contributed by atoms with Gasteiger partial charge in [-0.05, 0) is 38.5 Å². The molecule has 0 bridgehead atoms. The summed E-state index contributed by atoms with van der Waals surface area (Å²) >= 11 is 0. The first kappa shape index (κ1) is 53.1. The number of hydrogen-bond acceptors (Lipinski definition) is 11. The van der Waals surface area contributed by atoms with Crippen LogP contribution in [0, 0.1) is 0 Å². The number of carbonyl (C=O) groups is 1. The Kier molecular flexibility index (Phi) is 33.1. The predicted octanol–water partition coefficient (Wildman–Crippen LogP) is 8.75. The molecule has 0 heterocycles. The molecular weight excluding hydrogens is 739 g/mol. The van der Waals surface area contributed by atoms with E-state index in [1.807, 2.05) is 0 Å². The van der Waals surface area contributed by atoms with Gasteiger partial charge in [-0.3, -0.25) is 13.8 Å². The smallest absolute Gasteiger partial charge is 0.457 e. The molecule has 0 spiro atoms. The Morgan fingerprint density at radius 3 is 1.41 bits per heavy atom. The molecule has 12 nitrogen and oxygen atoms in total. The van der Waals surface area contributed by atoms with Crippen LogP contribution in [0.5, 0.6) is 0 Å². The third kappa shape index (κ3) is 27.0. The highest BCUT2D eigenvalue weighted by Crippen LogP contribution is 2.47. The summed E-state index contributed by atoms with van der Waals surface area (Å²) in [5.74, 6) is -0.479. The number of esters is 1. The lowest BCUT2D eigenvalue weighted by molar-refractivity contribution is -0.220. The van der Waals surface area contributed by atoms with Crippen molar-refractivity contribution in [1.29, 1.82) is 0 Å². The summed E-state index contributed by atoms with van der Waals surface area (Å²) in [6, 6.07) is 0. The normalized spacial score (nSPS) is 23.1. The van der Waals surface area contributed by atoms with Crippen LogP contribution in [-0.4, -0.2) is 98.9 Å². The second-order valence-electron chi connectivity index (χ2n) is 15.9. The van der Waals surface area contributed by atoms with E-state index in [1.54, 1.807) is 0 Å². The standard InChI is InChI=1S/C43H83O12P/c1-3-5-7-9-11-13-15-17-18-19-20-21-22-24-26-28-30-32-37(44)54-36(34-52-33-31-29-27-25-23-16-14-12-10-8-6-4-2)35-53-56(50,51)55-43-41(48)39(46)38(45)40(47)42(43)49/h17-18,36,38-43,45-49H,3-16,19-35H2,1-2H3,(H,50,51)/b18-17-. The summed E-state index contributed by atoms with van der Waals surface area (Å²) in [5.41, 5.74) is 0. The predicted molar refractivity (Wildman–Crippen MR) is 221 cm³/mol. The zero-order valence-electron chi connectivity index (χ0n) is 35.2. The van der Waals surface area contributed by atoms with E-state index in [0.717, 1.165) is 44.9 Å². The lowest BCUT2D eigenvalue weighted by Gasteiger charge is -2.41. The van der Waals surface area contributed by atoms with Gasteiger partial charge in [0.05, 0.1) is 13.2 Å². The number of phosphoric acid groups is 1. The Balaban J connectivity index is 2.40. The van der Waals surface area contributed by atoms with Crippen LogP contribution in [0.15, 0.2) is 12.2 Å². The van der Waals surface area contributed by atoms with Crippen molar-refractivity contribution < 1.29 is 58.3 Å². The monoisotopic (exact) mass is 823 g/mol. The summed E-state index contributed by atoms with van der Waals surface area (Å²) in [7, 11) is -5.01. The molecule has 13 heteroatoms. The van der Waals surface area contributed by atoms with Gasteiger partial charge in [0.2, 0.25) is 0 Å². The second kappa shape index (κ2) is 34.9. The molecular formula is C43H83O12P. The third-order valence-electron chi connectivity index (χ3n) is 10.6. The van der Waals surface area contributed by atoms with Crippen molar-refractivity contribution in [3.8, 4) is 0 Å². The maximum absolute atomic E-state index is 12.8. The number of aliphatic hydroxyl groups excluding tert-OH is 5. The van der Waals surface area contributed by atoms with Crippen LogP contribution in [0.4, 0.5) is 0 Å². The molecule has 0 radical (unpaired) electrons. The summed E-state index contributed by atoms with van der Waals surface area (Å²) < 4.78 is 34.1. The average molecular weight is 823 g/mol. The van der Waals surface area contributed by atoms with Crippen LogP contribution in [0.2, 0.25) is 0 Å². The lowest BCUT2D eigenvalue weighted by atomic mass is 9.85. The van der Waals surface area contributed by atoms with Crippen molar-refractivity contribution in [2.75, 3.05) is 19.8 Å². The first-order valence-electron chi connectivity index (χ1n) is 22.5. The Labute approximate surface area is 339 Å². The Bertz CT molecular complexity index is 984. The highest BCUT2D eigenvalue weighted by atomic mass is 31.2. The number of unbranched alkanes of at least 4 members (excludes halogenated alkanes) is 24. The van der Waals surface area contributed by atoms with E-state index >= 15 is 0 Å². The summed E-state index contributed by atoms with van der Waals surface area (Å²) in [5, 5.41) is 50.1. The van der Waals surface area contributed by atoms with Crippen molar-refractivity contribution in [2.24, 2.45) is 0 Å². The third-order valence-corrected chi connectivity index (χ3v) is 11.6. The van der Waals surface area contributed by atoms with Crippen LogP contribution in [-0.2, 0) is 27.9 Å². The van der Waals surface area contributed by atoms with E-state index in [0.29, 0.717) is 13.0 Å². The van der Waals surface area contributed by atoms with Gasteiger partial charge in [0, 0.05) is 13.0 Å². The Morgan fingerprint density at radius 2 is 0.946 bits per heavy atom. The molecule has 332 valence electrons. The number of hydrogen-bond donors (Lipinski definition) is 6. The molecule has 56 heavy (non-hydrogen) atoms. The molecule has 1 aliphatic carbocycles. The molecule has 6 atom stereocenters. The molecule has 0 saturated heterocycles. The van der Waals surface area contributed by atoms with E-state index in [4.69, 9.17) is 18.5 Å². The minimum absolute atomic E-state index is 0.0731. The molecule has 1 fully saturated rings. The highest BCUT2D eigenvalue weighted by molar-refractivity contribution is 7.47. The molecule has 6 N–H and O–H groups in total. The van der Waals surface area contributed by atoms with Gasteiger partial charge in [-0.25, -0.2) is 4.57 Å². The largest absolute Gasteiger partial charge is 0.472 e. The van der Waals surface area contributed by atoms with Crippen LogP contribution in [0.1, 0.15) is 194 Å². The van der Waals surface area contributed by atoms with Crippen molar-refractivity contribution in [3.05, 3.63) is 12.2 Å². The number of allylic oxidation sites excluding steroid dienone is 2. The molecule has 0 aromatic heterocycles. The summed E-state index contributed by atoms with van der Waals surface area (Å²) in [6.45, 7) is 4.26. The number of phosphoric ester groups is 1. The molecule has 6 unspecified atom stereocenters. The van der Waals surface area contributed by atoms with E-state index in [1.165, 1.54) is 122 Å². The minimum atomic E-state index is -5.01. The molecule has 1 saturated carbocycles. The van der Waals surface area contributed by atoms with Gasteiger partial charge >= 0.3 is 13.8 Å². The highest BCUT2D eigenvalue weighted by Gasteiger charge is 2.51.